The van der Waals surface area contributed by atoms with Crippen LogP contribution in [0.2, 0.25) is 5.02 Å². The van der Waals surface area contributed by atoms with Gasteiger partial charge in [-0.2, -0.15) is 4.31 Å². The van der Waals surface area contributed by atoms with E-state index in [0.717, 1.165) is 0 Å². The first kappa shape index (κ1) is 19.7. The van der Waals surface area contributed by atoms with Gasteiger partial charge in [0.2, 0.25) is 15.9 Å². The summed E-state index contributed by atoms with van der Waals surface area (Å²) in [6.07, 6.45) is 1.28. The summed E-state index contributed by atoms with van der Waals surface area (Å²) in [6, 6.07) is 13.1. The number of methoxy groups -OCH3 is 1. The van der Waals surface area contributed by atoms with Crippen molar-refractivity contribution >= 4 is 33.2 Å². The standard InChI is InChI=1S/C19H21ClN2O4S/c1-26-17-8-6-16(7-9-17)21-19(23)14-3-2-12-22(13-14)27(24,25)18-10-4-15(20)5-11-18/h4-11,14H,2-3,12-13H2,1H3,(H,21,23)/t14-/m1/s1. The molecule has 0 unspecified atom stereocenters. The van der Waals surface area contributed by atoms with Crippen LogP contribution in [-0.2, 0) is 14.8 Å². The molecule has 3 rings (SSSR count). The highest BCUT2D eigenvalue weighted by atomic mass is 35.5. The normalized spacial score (nSPS) is 18.1. The van der Waals surface area contributed by atoms with Crippen molar-refractivity contribution in [3.05, 3.63) is 53.6 Å². The first-order valence-corrected chi connectivity index (χ1v) is 10.4. The van der Waals surface area contributed by atoms with Gasteiger partial charge in [-0.1, -0.05) is 11.6 Å². The smallest absolute Gasteiger partial charge is 0.243 e. The van der Waals surface area contributed by atoms with Crippen molar-refractivity contribution in [2.75, 3.05) is 25.5 Å². The highest BCUT2D eigenvalue weighted by Crippen LogP contribution is 2.26. The van der Waals surface area contributed by atoms with E-state index in [-0.39, 0.29) is 17.3 Å². The number of ether oxygens (including phenoxy) is 1. The first-order valence-electron chi connectivity index (χ1n) is 8.61. The molecule has 2 aromatic rings. The summed E-state index contributed by atoms with van der Waals surface area (Å²) in [5.41, 5.74) is 0.651. The van der Waals surface area contributed by atoms with Gasteiger partial charge in [0.05, 0.1) is 17.9 Å². The summed E-state index contributed by atoms with van der Waals surface area (Å²) in [4.78, 5) is 12.8. The zero-order valence-corrected chi connectivity index (χ0v) is 16.5. The van der Waals surface area contributed by atoms with Crippen molar-refractivity contribution < 1.29 is 17.9 Å². The van der Waals surface area contributed by atoms with Crippen LogP contribution in [0.3, 0.4) is 0 Å². The molecule has 0 aromatic heterocycles. The number of anilines is 1. The van der Waals surface area contributed by atoms with E-state index in [1.807, 2.05) is 0 Å². The summed E-state index contributed by atoms with van der Waals surface area (Å²) in [5.74, 6) is 0.116. The molecule has 1 saturated heterocycles. The molecule has 1 amide bonds. The second kappa shape index (κ2) is 8.29. The van der Waals surface area contributed by atoms with Gasteiger partial charge < -0.3 is 10.1 Å². The number of carbonyl (C=O) groups is 1. The highest BCUT2D eigenvalue weighted by molar-refractivity contribution is 7.89. The topological polar surface area (TPSA) is 75.7 Å². The van der Waals surface area contributed by atoms with Gasteiger partial charge in [-0.15, -0.1) is 0 Å². The molecule has 144 valence electrons. The molecule has 1 heterocycles. The van der Waals surface area contributed by atoms with Gasteiger partial charge >= 0.3 is 0 Å². The minimum Gasteiger partial charge on any atom is -0.497 e. The van der Waals surface area contributed by atoms with Crippen LogP contribution < -0.4 is 10.1 Å². The number of hydrogen-bond acceptors (Lipinski definition) is 4. The van der Waals surface area contributed by atoms with Gasteiger partial charge in [0, 0.05) is 23.8 Å². The Kier molecular flexibility index (Phi) is 6.04. The summed E-state index contributed by atoms with van der Waals surface area (Å²) >= 11 is 5.84. The van der Waals surface area contributed by atoms with Crippen LogP contribution in [0.25, 0.3) is 0 Å². The van der Waals surface area contributed by atoms with Crippen molar-refractivity contribution in [1.82, 2.24) is 4.31 Å². The molecule has 1 fully saturated rings. The van der Waals surface area contributed by atoms with E-state index in [4.69, 9.17) is 16.3 Å². The molecule has 6 nitrogen and oxygen atoms in total. The average Bonchev–Trinajstić information content (AvgIpc) is 2.69. The molecule has 0 bridgehead atoms. The molecule has 27 heavy (non-hydrogen) atoms. The number of benzene rings is 2. The number of rotatable bonds is 5. The van der Waals surface area contributed by atoms with Gasteiger partial charge in [0.25, 0.3) is 0 Å². The Balaban J connectivity index is 1.69. The number of nitrogens with zero attached hydrogens (tertiary/aromatic N) is 1. The predicted octanol–water partition coefficient (Wildman–Crippen LogP) is 3.39. The largest absolute Gasteiger partial charge is 0.497 e. The van der Waals surface area contributed by atoms with Crippen LogP contribution in [0.15, 0.2) is 53.4 Å². The number of hydrogen-bond donors (Lipinski definition) is 1. The van der Waals surface area contributed by atoms with E-state index in [9.17, 15) is 13.2 Å². The van der Waals surface area contributed by atoms with Gasteiger partial charge in [-0.25, -0.2) is 8.42 Å². The van der Waals surface area contributed by atoms with Gasteiger partial charge in [-0.3, -0.25) is 4.79 Å². The van der Waals surface area contributed by atoms with Gasteiger partial charge in [0.15, 0.2) is 0 Å². The Bertz CT molecular complexity index is 898. The van der Waals surface area contributed by atoms with Crippen LogP contribution in [0.5, 0.6) is 5.75 Å². The van der Waals surface area contributed by atoms with E-state index in [0.29, 0.717) is 35.8 Å². The fourth-order valence-electron chi connectivity index (χ4n) is 3.05. The maximum absolute atomic E-state index is 12.8. The maximum Gasteiger partial charge on any atom is 0.243 e. The number of halogens is 1. The second-order valence-electron chi connectivity index (χ2n) is 6.37. The lowest BCUT2D eigenvalue weighted by Gasteiger charge is -2.31. The maximum atomic E-state index is 12.8. The lowest BCUT2D eigenvalue weighted by molar-refractivity contribution is -0.120. The van der Waals surface area contributed by atoms with E-state index >= 15 is 0 Å². The van der Waals surface area contributed by atoms with Crippen LogP contribution in [0.4, 0.5) is 5.69 Å². The van der Waals surface area contributed by atoms with E-state index < -0.39 is 15.9 Å². The monoisotopic (exact) mass is 408 g/mol. The number of carbonyl (C=O) groups excluding carboxylic acids is 1. The lowest BCUT2D eigenvalue weighted by atomic mass is 9.99. The molecule has 0 aliphatic carbocycles. The Morgan fingerprint density at radius 1 is 1.15 bits per heavy atom. The minimum atomic E-state index is -3.65. The predicted molar refractivity (Wildman–Crippen MR) is 105 cm³/mol. The third-order valence-corrected chi connectivity index (χ3v) is 6.70. The van der Waals surface area contributed by atoms with Gasteiger partial charge in [-0.05, 0) is 61.4 Å². The van der Waals surface area contributed by atoms with Crippen molar-refractivity contribution in [2.45, 2.75) is 17.7 Å². The molecule has 1 atom stereocenters. The van der Waals surface area contributed by atoms with E-state index in [2.05, 4.69) is 5.32 Å². The van der Waals surface area contributed by atoms with Crippen LogP contribution >= 0.6 is 11.6 Å². The molecular weight excluding hydrogens is 388 g/mol. The quantitative estimate of drug-likeness (QED) is 0.822. The SMILES string of the molecule is COc1ccc(NC(=O)[C@@H]2CCCN(S(=O)(=O)c3ccc(Cl)cc3)C2)cc1. The van der Waals surface area contributed by atoms with Crippen molar-refractivity contribution in [3.8, 4) is 5.75 Å². The third kappa shape index (κ3) is 4.61. The summed E-state index contributed by atoms with van der Waals surface area (Å²) in [5, 5.41) is 3.32. The van der Waals surface area contributed by atoms with Crippen molar-refractivity contribution in [1.29, 1.82) is 0 Å². The Hall–Kier alpha value is -2.09. The van der Waals surface area contributed by atoms with Crippen LogP contribution in [0.1, 0.15) is 12.8 Å². The van der Waals surface area contributed by atoms with Crippen LogP contribution in [0, 0.1) is 5.92 Å². The van der Waals surface area contributed by atoms with Crippen LogP contribution in [-0.4, -0.2) is 38.8 Å². The Labute approximate surface area is 164 Å². The van der Waals surface area contributed by atoms with Crippen molar-refractivity contribution in [2.24, 2.45) is 5.92 Å². The molecule has 0 saturated carbocycles. The highest BCUT2D eigenvalue weighted by Gasteiger charge is 2.33. The number of amides is 1. The van der Waals surface area contributed by atoms with E-state index in [1.165, 1.54) is 16.4 Å². The number of piperidine rings is 1. The molecule has 1 aliphatic heterocycles. The van der Waals surface area contributed by atoms with Crippen molar-refractivity contribution in [3.63, 3.8) is 0 Å². The zero-order chi connectivity index (χ0) is 19.4. The molecule has 8 heteroatoms. The molecule has 0 radical (unpaired) electrons. The third-order valence-electron chi connectivity index (χ3n) is 4.56. The summed E-state index contributed by atoms with van der Waals surface area (Å²) < 4.78 is 32.1. The number of nitrogens with one attached hydrogen (secondary N) is 1. The molecule has 1 N–H and O–H groups in total. The Morgan fingerprint density at radius 3 is 2.44 bits per heavy atom. The zero-order valence-electron chi connectivity index (χ0n) is 14.9. The lowest BCUT2D eigenvalue weighted by Crippen LogP contribution is -2.43. The molecular formula is C19H21ClN2O4S. The molecule has 2 aromatic carbocycles. The average molecular weight is 409 g/mol. The molecule has 1 aliphatic rings. The fraction of sp³-hybridized carbons (Fsp3) is 0.316. The minimum absolute atomic E-state index is 0.160. The first-order chi connectivity index (χ1) is 12.9. The van der Waals surface area contributed by atoms with Gasteiger partial charge in [0.1, 0.15) is 5.75 Å². The summed E-state index contributed by atoms with van der Waals surface area (Å²) in [6.45, 7) is 0.560. The fourth-order valence-corrected chi connectivity index (χ4v) is 4.70. The molecule has 0 spiro atoms. The second-order valence-corrected chi connectivity index (χ2v) is 8.75. The Morgan fingerprint density at radius 2 is 1.81 bits per heavy atom. The number of sulfonamides is 1. The van der Waals surface area contributed by atoms with E-state index in [1.54, 1.807) is 43.5 Å². The summed E-state index contributed by atoms with van der Waals surface area (Å²) in [7, 11) is -2.07.